The van der Waals surface area contributed by atoms with Crippen LogP contribution in [0, 0.1) is 0 Å². The van der Waals surface area contributed by atoms with Crippen molar-refractivity contribution in [2.75, 3.05) is 25.2 Å². The Labute approximate surface area is 210 Å². The van der Waals surface area contributed by atoms with Gasteiger partial charge in [0.2, 0.25) is 0 Å². The van der Waals surface area contributed by atoms with Crippen LogP contribution in [0.15, 0.2) is 36.4 Å². The highest BCUT2D eigenvalue weighted by Gasteiger charge is 2.41. The van der Waals surface area contributed by atoms with Gasteiger partial charge in [0.05, 0.1) is 24.5 Å². The predicted octanol–water partition coefficient (Wildman–Crippen LogP) is 8.24. The largest absolute Gasteiger partial charge is 0.449 e. The summed E-state index contributed by atoms with van der Waals surface area (Å²) >= 11 is 0. The SMILES string of the molecule is CCOC(=O)N1c2ccc(C(F)F)cc2[C@@H]([C@H](COC)c2cc(C(F)F)cc(C(F)(F)F)c2)C[C@H]1CC. The number of rotatable bonds is 8. The molecule has 1 heterocycles. The third kappa shape index (κ3) is 6.19. The number of nitrogens with zero attached hydrogens (tertiary/aromatic N) is 1. The van der Waals surface area contributed by atoms with Gasteiger partial charge in [-0.3, -0.25) is 4.90 Å². The molecule has 0 aliphatic carbocycles. The molecule has 3 atom stereocenters. The monoisotopic (exact) mass is 535 g/mol. The van der Waals surface area contributed by atoms with Crippen LogP contribution in [0.2, 0.25) is 0 Å². The average molecular weight is 536 g/mol. The van der Waals surface area contributed by atoms with E-state index < -0.39 is 54.1 Å². The van der Waals surface area contributed by atoms with Crippen molar-refractivity contribution in [1.29, 1.82) is 0 Å². The Morgan fingerprint density at radius 3 is 2.19 bits per heavy atom. The van der Waals surface area contributed by atoms with Crippen LogP contribution in [0.25, 0.3) is 0 Å². The quantitative estimate of drug-likeness (QED) is 0.320. The molecule has 37 heavy (non-hydrogen) atoms. The second-order valence-electron chi connectivity index (χ2n) is 8.84. The van der Waals surface area contributed by atoms with Gasteiger partial charge in [0.15, 0.2) is 0 Å². The van der Waals surface area contributed by atoms with Gasteiger partial charge in [-0.2, -0.15) is 13.2 Å². The van der Waals surface area contributed by atoms with E-state index in [1.807, 2.05) is 0 Å². The number of fused-ring (bicyclic) bond motifs is 1. The maximum atomic E-state index is 13.6. The molecular weight excluding hydrogens is 507 g/mol. The van der Waals surface area contributed by atoms with Crippen LogP contribution in [0.5, 0.6) is 0 Å². The summed E-state index contributed by atoms with van der Waals surface area (Å²) in [5, 5.41) is 0. The first kappa shape index (κ1) is 28.7. The number of halogens is 7. The highest BCUT2D eigenvalue weighted by molar-refractivity contribution is 5.90. The van der Waals surface area contributed by atoms with Gasteiger partial charge in [-0.05, 0) is 67.1 Å². The Hall–Kier alpha value is -2.82. The van der Waals surface area contributed by atoms with Crippen LogP contribution in [-0.4, -0.2) is 32.5 Å². The van der Waals surface area contributed by atoms with E-state index in [4.69, 9.17) is 9.47 Å². The first-order valence-corrected chi connectivity index (χ1v) is 11.8. The molecule has 3 rings (SSSR count). The smallest absolute Gasteiger partial charge is 0.416 e. The lowest BCUT2D eigenvalue weighted by atomic mass is 9.73. The molecule has 0 unspecified atom stereocenters. The van der Waals surface area contributed by atoms with Crippen molar-refractivity contribution < 1.29 is 45.0 Å². The van der Waals surface area contributed by atoms with Gasteiger partial charge >= 0.3 is 12.3 Å². The molecule has 0 saturated heterocycles. The van der Waals surface area contributed by atoms with Crippen LogP contribution >= 0.6 is 0 Å². The molecule has 0 aromatic heterocycles. The Balaban J connectivity index is 2.24. The van der Waals surface area contributed by atoms with Crippen LogP contribution in [0.4, 0.5) is 41.2 Å². The van der Waals surface area contributed by atoms with E-state index in [2.05, 4.69) is 0 Å². The molecule has 0 bridgehead atoms. The zero-order valence-corrected chi connectivity index (χ0v) is 20.5. The summed E-state index contributed by atoms with van der Waals surface area (Å²) in [6, 6.07) is 5.47. The minimum atomic E-state index is -4.88. The van der Waals surface area contributed by atoms with Gasteiger partial charge in [0.25, 0.3) is 12.9 Å². The van der Waals surface area contributed by atoms with Crippen molar-refractivity contribution in [3.63, 3.8) is 0 Å². The minimum absolute atomic E-state index is 0.0511. The molecule has 2 aromatic carbocycles. The van der Waals surface area contributed by atoms with Gasteiger partial charge in [0.1, 0.15) is 0 Å². The second kappa shape index (κ2) is 11.7. The zero-order valence-electron chi connectivity index (χ0n) is 20.5. The lowest BCUT2D eigenvalue weighted by molar-refractivity contribution is -0.137. The van der Waals surface area contributed by atoms with E-state index in [9.17, 15) is 35.5 Å². The van der Waals surface area contributed by atoms with E-state index >= 15 is 0 Å². The number of amides is 1. The molecule has 1 aliphatic rings. The molecule has 0 radical (unpaired) electrons. The first-order chi connectivity index (χ1) is 17.4. The molecule has 0 N–H and O–H groups in total. The fraction of sp³-hybridized carbons (Fsp3) is 0.500. The normalized spacial score (nSPS) is 18.8. The minimum Gasteiger partial charge on any atom is -0.449 e. The Morgan fingerprint density at radius 1 is 1.00 bits per heavy atom. The standard InChI is InChI=1S/C26H28F7NO3/c1-4-18-12-19(20-11-14(23(27)28)6-7-22(20)34(18)25(35)37-5-2)21(13-36-3)15-8-16(24(29)30)10-17(9-15)26(31,32)33/h6-11,18-19,21,23-24H,4-5,12-13H2,1-3H3/t18-,19+,21-/m1/s1. The van der Waals surface area contributed by atoms with E-state index in [-0.39, 0.29) is 42.0 Å². The second-order valence-corrected chi connectivity index (χ2v) is 8.84. The highest BCUT2D eigenvalue weighted by Crippen LogP contribution is 2.49. The van der Waals surface area contributed by atoms with Gasteiger partial charge in [-0.15, -0.1) is 0 Å². The number of ether oxygens (including phenoxy) is 2. The topological polar surface area (TPSA) is 38.8 Å². The molecule has 2 aromatic rings. The van der Waals surface area contributed by atoms with E-state index in [0.717, 1.165) is 12.1 Å². The summed E-state index contributed by atoms with van der Waals surface area (Å²) in [5.74, 6) is -1.60. The number of benzene rings is 2. The van der Waals surface area contributed by atoms with E-state index in [1.54, 1.807) is 13.8 Å². The molecule has 1 aliphatic heterocycles. The molecule has 4 nitrogen and oxygen atoms in total. The van der Waals surface area contributed by atoms with Crippen molar-refractivity contribution >= 4 is 11.8 Å². The highest BCUT2D eigenvalue weighted by atomic mass is 19.4. The number of anilines is 1. The molecule has 0 spiro atoms. The van der Waals surface area contributed by atoms with Crippen molar-refractivity contribution in [3.8, 4) is 0 Å². The van der Waals surface area contributed by atoms with Crippen LogP contribution in [-0.2, 0) is 15.7 Å². The van der Waals surface area contributed by atoms with Crippen molar-refractivity contribution in [2.45, 2.75) is 63.6 Å². The summed E-state index contributed by atoms with van der Waals surface area (Å²) < 4.78 is 106. The maximum absolute atomic E-state index is 13.6. The van der Waals surface area contributed by atoms with Crippen molar-refractivity contribution in [2.24, 2.45) is 0 Å². The van der Waals surface area contributed by atoms with E-state index in [0.29, 0.717) is 12.5 Å². The van der Waals surface area contributed by atoms with Gasteiger partial charge in [-0.1, -0.05) is 13.0 Å². The van der Waals surface area contributed by atoms with Gasteiger partial charge in [-0.25, -0.2) is 22.4 Å². The maximum Gasteiger partial charge on any atom is 0.416 e. The molecule has 0 saturated carbocycles. The third-order valence-electron chi connectivity index (χ3n) is 6.61. The van der Waals surface area contributed by atoms with Crippen LogP contribution in [0.1, 0.15) is 79.2 Å². The van der Waals surface area contributed by atoms with Crippen molar-refractivity contribution in [1.82, 2.24) is 0 Å². The number of carbonyl (C=O) groups is 1. The Morgan fingerprint density at radius 2 is 1.65 bits per heavy atom. The molecule has 11 heteroatoms. The number of carbonyl (C=O) groups excluding carboxylic acids is 1. The first-order valence-electron chi connectivity index (χ1n) is 11.8. The number of hydrogen-bond acceptors (Lipinski definition) is 3. The Kier molecular flexibility index (Phi) is 9.09. The summed E-state index contributed by atoms with van der Waals surface area (Å²) in [6.07, 6.45) is -11.0. The van der Waals surface area contributed by atoms with E-state index in [1.165, 1.54) is 30.2 Å². The summed E-state index contributed by atoms with van der Waals surface area (Å²) in [6.45, 7) is 3.33. The molecular formula is C26H28F7NO3. The Bertz CT molecular complexity index is 1090. The molecule has 204 valence electrons. The summed E-state index contributed by atoms with van der Waals surface area (Å²) in [4.78, 5) is 14.2. The fourth-order valence-electron chi connectivity index (χ4n) is 4.92. The summed E-state index contributed by atoms with van der Waals surface area (Å²) in [7, 11) is 1.32. The number of alkyl halides is 7. The van der Waals surface area contributed by atoms with Crippen LogP contribution < -0.4 is 4.90 Å². The third-order valence-corrected chi connectivity index (χ3v) is 6.61. The molecule has 0 fully saturated rings. The molecule has 1 amide bonds. The zero-order chi connectivity index (χ0) is 27.5. The van der Waals surface area contributed by atoms with Crippen molar-refractivity contribution in [3.05, 3.63) is 64.2 Å². The summed E-state index contributed by atoms with van der Waals surface area (Å²) in [5.41, 5.74) is -1.86. The van der Waals surface area contributed by atoms with Gasteiger partial charge in [0, 0.05) is 30.2 Å². The average Bonchev–Trinajstić information content (AvgIpc) is 2.85. The lowest BCUT2D eigenvalue weighted by Gasteiger charge is -2.43. The lowest BCUT2D eigenvalue weighted by Crippen LogP contribution is -2.46. The number of methoxy groups -OCH3 is 1. The number of hydrogen-bond donors (Lipinski definition) is 0. The van der Waals surface area contributed by atoms with Gasteiger partial charge < -0.3 is 9.47 Å². The fourth-order valence-corrected chi connectivity index (χ4v) is 4.92. The predicted molar refractivity (Wildman–Crippen MR) is 123 cm³/mol. The van der Waals surface area contributed by atoms with Crippen LogP contribution in [0.3, 0.4) is 0 Å².